The van der Waals surface area contributed by atoms with Crippen molar-refractivity contribution in [2.45, 2.75) is 65.3 Å². The molecular weight excluding hydrogens is 466 g/mol. The predicted molar refractivity (Wildman–Crippen MR) is 147 cm³/mol. The summed E-state index contributed by atoms with van der Waals surface area (Å²) in [5.41, 5.74) is 4.56. The molecule has 2 atom stereocenters. The van der Waals surface area contributed by atoms with Gasteiger partial charge in [0.2, 0.25) is 5.91 Å². The molecule has 1 aliphatic rings. The van der Waals surface area contributed by atoms with Crippen molar-refractivity contribution >= 4 is 23.4 Å². The predicted octanol–water partition coefficient (Wildman–Crippen LogP) is 5.72. The van der Waals surface area contributed by atoms with Crippen molar-refractivity contribution in [2.75, 3.05) is 23.8 Å². The lowest BCUT2D eigenvalue weighted by Gasteiger charge is -2.39. The van der Waals surface area contributed by atoms with Crippen LogP contribution >= 0.6 is 0 Å². The third-order valence-corrected chi connectivity index (χ3v) is 6.47. The number of nitrogens with one attached hydrogen (secondary N) is 1. The molecule has 8 heteroatoms. The molecule has 2 unspecified atom stereocenters. The topological polar surface area (TPSA) is 79.7 Å². The summed E-state index contributed by atoms with van der Waals surface area (Å²) in [6.45, 7) is 10.3. The van der Waals surface area contributed by atoms with Crippen molar-refractivity contribution in [3.05, 3.63) is 66.5 Å². The number of amides is 2. The van der Waals surface area contributed by atoms with E-state index >= 15 is 0 Å². The number of anilines is 2. The number of nitrogens with zero attached hydrogens (tertiary/aromatic N) is 4. The van der Waals surface area contributed by atoms with Gasteiger partial charge in [-0.2, -0.15) is 5.10 Å². The van der Waals surface area contributed by atoms with Crippen LogP contribution in [0.4, 0.5) is 16.2 Å². The number of aromatic nitrogens is 2. The molecule has 2 amide bonds. The minimum Gasteiger partial charge on any atom is -0.444 e. The maximum Gasteiger partial charge on any atom is 0.410 e. The number of para-hydroxylation sites is 1. The van der Waals surface area contributed by atoms with Gasteiger partial charge in [0.25, 0.3) is 0 Å². The smallest absolute Gasteiger partial charge is 0.410 e. The monoisotopic (exact) mass is 503 g/mol. The first-order chi connectivity index (χ1) is 17.5. The lowest BCUT2D eigenvalue weighted by Crippen LogP contribution is -2.43. The molecule has 0 aliphatic carbocycles. The minimum absolute atomic E-state index is 0.0431. The Morgan fingerprint density at radius 3 is 2.54 bits per heavy atom. The molecule has 0 saturated heterocycles. The summed E-state index contributed by atoms with van der Waals surface area (Å²) < 4.78 is 7.26. The lowest BCUT2D eigenvalue weighted by atomic mass is 9.89. The average Bonchev–Trinajstić information content (AvgIpc) is 3.31. The zero-order valence-corrected chi connectivity index (χ0v) is 22.6. The zero-order chi connectivity index (χ0) is 26.7. The number of hydrogen-bond donors (Lipinski definition) is 1. The van der Waals surface area contributed by atoms with E-state index in [4.69, 9.17) is 4.74 Å². The zero-order valence-electron chi connectivity index (χ0n) is 22.6. The van der Waals surface area contributed by atoms with Crippen molar-refractivity contribution in [3.63, 3.8) is 0 Å². The molecule has 0 fully saturated rings. The van der Waals surface area contributed by atoms with Crippen LogP contribution in [0.1, 0.15) is 52.6 Å². The van der Waals surface area contributed by atoms with Crippen LogP contribution in [0.25, 0.3) is 11.1 Å². The Kier molecular flexibility index (Phi) is 7.57. The number of carbonyl (C=O) groups excluding carboxylic acids is 2. The summed E-state index contributed by atoms with van der Waals surface area (Å²) in [6, 6.07) is 16.5. The Morgan fingerprint density at radius 1 is 1.14 bits per heavy atom. The van der Waals surface area contributed by atoms with Crippen LogP contribution in [0.15, 0.2) is 60.9 Å². The van der Waals surface area contributed by atoms with Gasteiger partial charge in [0.05, 0.1) is 18.8 Å². The van der Waals surface area contributed by atoms with Gasteiger partial charge in [-0.15, -0.1) is 0 Å². The SMILES string of the molecule is CC(=O)N1c2ccc(-c3cnn(CCN(C)C(=O)OC(C)(C)C)c3)cc2C(Nc2ccccc2)CC1C. The first-order valence-corrected chi connectivity index (χ1v) is 12.7. The number of ether oxygens (including phenoxy) is 1. The van der Waals surface area contributed by atoms with E-state index in [0.29, 0.717) is 13.1 Å². The van der Waals surface area contributed by atoms with E-state index < -0.39 is 5.60 Å². The van der Waals surface area contributed by atoms with E-state index in [1.165, 1.54) is 0 Å². The summed E-state index contributed by atoms with van der Waals surface area (Å²) >= 11 is 0. The van der Waals surface area contributed by atoms with Crippen LogP contribution in [0.5, 0.6) is 0 Å². The standard InChI is InChI=1S/C29H37N5O3/c1-20-16-26(31-24-10-8-7-9-11-24)25-17-22(12-13-27(25)34(20)21(2)35)23-18-30-33(19-23)15-14-32(6)28(36)37-29(3,4)5/h7-13,17-20,26,31H,14-16H2,1-6H3. The summed E-state index contributed by atoms with van der Waals surface area (Å²) in [6.07, 6.45) is 4.28. The van der Waals surface area contributed by atoms with Gasteiger partial charge < -0.3 is 19.9 Å². The summed E-state index contributed by atoms with van der Waals surface area (Å²) in [5, 5.41) is 8.17. The fourth-order valence-corrected chi connectivity index (χ4v) is 4.71. The first kappa shape index (κ1) is 26.3. The van der Waals surface area contributed by atoms with E-state index in [1.54, 1.807) is 18.9 Å². The third-order valence-electron chi connectivity index (χ3n) is 6.47. The fourth-order valence-electron chi connectivity index (χ4n) is 4.71. The van der Waals surface area contributed by atoms with Gasteiger partial charge in [0, 0.05) is 49.7 Å². The number of likely N-dealkylation sites (N-methyl/N-ethyl adjacent to an activating group) is 1. The Bertz CT molecular complexity index is 1250. The second kappa shape index (κ2) is 10.7. The number of fused-ring (bicyclic) bond motifs is 1. The Labute approximate surface area is 219 Å². The van der Waals surface area contributed by atoms with Gasteiger partial charge in [0.15, 0.2) is 0 Å². The van der Waals surface area contributed by atoms with Crippen molar-refractivity contribution in [1.82, 2.24) is 14.7 Å². The van der Waals surface area contributed by atoms with Gasteiger partial charge in [-0.25, -0.2) is 4.79 Å². The van der Waals surface area contributed by atoms with E-state index in [0.717, 1.165) is 34.5 Å². The highest BCUT2D eigenvalue weighted by Crippen LogP contribution is 2.41. The summed E-state index contributed by atoms with van der Waals surface area (Å²) in [5.74, 6) is 0.0431. The quantitative estimate of drug-likeness (QED) is 0.466. The highest BCUT2D eigenvalue weighted by Gasteiger charge is 2.32. The summed E-state index contributed by atoms with van der Waals surface area (Å²) in [4.78, 5) is 28.2. The van der Waals surface area contributed by atoms with Gasteiger partial charge >= 0.3 is 6.09 Å². The van der Waals surface area contributed by atoms with Crippen LogP contribution in [0.2, 0.25) is 0 Å². The molecule has 1 aromatic heterocycles. The lowest BCUT2D eigenvalue weighted by molar-refractivity contribution is -0.117. The molecule has 37 heavy (non-hydrogen) atoms. The Balaban J connectivity index is 1.55. The second-order valence-corrected chi connectivity index (χ2v) is 10.7. The van der Waals surface area contributed by atoms with Gasteiger partial charge in [-0.1, -0.05) is 24.3 Å². The summed E-state index contributed by atoms with van der Waals surface area (Å²) in [7, 11) is 1.73. The first-order valence-electron chi connectivity index (χ1n) is 12.7. The van der Waals surface area contributed by atoms with Crippen LogP contribution in [-0.2, 0) is 16.1 Å². The molecule has 0 spiro atoms. The van der Waals surface area contributed by atoms with Crippen molar-refractivity contribution in [1.29, 1.82) is 0 Å². The largest absolute Gasteiger partial charge is 0.444 e. The molecule has 2 heterocycles. The number of rotatable bonds is 6. The highest BCUT2D eigenvalue weighted by atomic mass is 16.6. The van der Waals surface area contributed by atoms with Gasteiger partial charge in [0.1, 0.15) is 5.60 Å². The third kappa shape index (κ3) is 6.31. The van der Waals surface area contributed by atoms with E-state index in [9.17, 15) is 9.59 Å². The average molecular weight is 504 g/mol. The molecular formula is C29H37N5O3. The molecule has 0 saturated carbocycles. The van der Waals surface area contributed by atoms with Crippen molar-refractivity contribution in [3.8, 4) is 11.1 Å². The molecule has 4 rings (SSSR count). The van der Waals surface area contributed by atoms with Crippen molar-refractivity contribution in [2.24, 2.45) is 0 Å². The van der Waals surface area contributed by atoms with Gasteiger partial charge in [-0.05, 0) is 69.5 Å². The Hall–Kier alpha value is -3.81. The molecule has 1 N–H and O–H groups in total. The molecule has 8 nitrogen and oxygen atoms in total. The van der Waals surface area contributed by atoms with Crippen LogP contribution < -0.4 is 10.2 Å². The maximum absolute atomic E-state index is 12.5. The van der Waals surface area contributed by atoms with E-state index in [2.05, 4.69) is 35.5 Å². The maximum atomic E-state index is 12.5. The van der Waals surface area contributed by atoms with E-state index in [1.807, 2.05) is 73.1 Å². The van der Waals surface area contributed by atoms with Crippen LogP contribution in [0, 0.1) is 0 Å². The number of carbonyl (C=O) groups is 2. The number of hydrogen-bond acceptors (Lipinski definition) is 5. The van der Waals surface area contributed by atoms with E-state index in [-0.39, 0.29) is 24.1 Å². The molecule has 3 aromatic rings. The van der Waals surface area contributed by atoms with Crippen LogP contribution in [0.3, 0.4) is 0 Å². The van der Waals surface area contributed by atoms with Crippen LogP contribution in [-0.4, -0.2) is 51.9 Å². The fraction of sp³-hybridized carbons (Fsp3) is 0.414. The highest BCUT2D eigenvalue weighted by molar-refractivity contribution is 5.94. The minimum atomic E-state index is -0.528. The molecule has 2 aromatic carbocycles. The molecule has 0 bridgehead atoms. The van der Waals surface area contributed by atoms with Gasteiger partial charge in [-0.3, -0.25) is 9.48 Å². The number of benzene rings is 2. The molecule has 1 aliphatic heterocycles. The normalized spacial score (nSPS) is 17.2. The second-order valence-electron chi connectivity index (χ2n) is 10.7. The molecule has 0 radical (unpaired) electrons. The molecule has 196 valence electrons. The Morgan fingerprint density at radius 2 is 1.86 bits per heavy atom. The van der Waals surface area contributed by atoms with Crippen molar-refractivity contribution < 1.29 is 14.3 Å².